The quantitative estimate of drug-likeness (QED) is 0.00941. The Bertz CT molecular complexity index is 5480. The zero-order chi connectivity index (χ0) is 97.9. The Hall–Kier alpha value is -11.8. The fourth-order valence-electron chi connectivity index (χ4n) is 18.3. The van der Waals surface area contributed by atoms with E-state index in [9.17, 15) is 33.6 Å². The van der Waals surface area contributed by atoms with Crippen molar-refractivity contribution >= 4 is 42.2 Å². The third-order valence-corrected chi connectivity index (χ3v) is 26.1. The Morgan fingerprint density at radius 2 is 0.489 bits per heavy atom. The number of ether oxygens (including phenoxy) is 5. The van der Waals surface area contributed by atoms with Crippen molar-refractivity contribution in [3.63, 3.8) is 0 Å². The van der Waals surface area contributed by atoms with Gasteiger partial charge in [-0.05, 0) is 301 Å². The average Bonchev–Trinajstić information content (AvgIpc) is 1.60. The molecule has 3 aliphatic rings. The molecular weight excluding hydrogens is 1680 g/mol. The lowest BCUT2D eigenvalue weighted by Gasteiger charge is -2.22. The molecule has 3 aliphatic carbocycles. The monoisotopic (exact) mass is 1830 g/mol. The summed E-state index contributed by atoms with van der Waals surface area (Å²) in [7, 11) is 0. The van der Waals surface area contributed by atoms with Crippen LogP contribution in [0.2, 0.25) is 0 Å². The highest BCUT2D eigenvalue weighted by molar-refractivity contribution is 5.95. The summed E-state index contributed by atoms with van der Waals surface area (Å²) in [5.41, 5.74) is 28.1. The van der Waals surface area contributed by atoms with Crippen molar-refractivity contribution in [2.75, 3.05) is 59.1 Å². The molecule has 12 rings (SSSR count). The number of hydrogen-bond donors (Lipinski definition) is 6. The van der Waals surface area contributed by atoms with Gasteiger partial charge in [-0.25, -0.2) is 24.0 Å². The van der Waals surface area contributed by atoms with E-state index in [4.69, 9.17) is 23.7 Å². The van der Waals surface area contributed by atoms with E-state index in [1.165, 1.54) is 100 Å². The van der Waals surface area contributed by atoms with E-state index in [1.807, 2.05) is 57.2 Å². The summed E-state index contributed by atoms with van der Waals surface area (Å²) in [4.78, 5) is 95.3. The van der Waals surface area contributed by atoms with Gasteiger partial charge in [0.1, 0.15) is 32.0 Å². The third-order valence-electron chi connectivity index (χ3n) is 26.1. The first-order valence-electron chi connectivity index (χ1n) is 48.8. The van der Waals surface area contributed by atoms with E-state index < -0.39 is 35.9 Å². The molecule has 0 aliphatic heterocycles. The second-order valence-electron chi connectivity index (χ2n) is 44.7. The van der Waals surface area contributed by atoms with E-state index in [0.717, 1.165) is 38.9 Å². The van der Waals surface area contributed by atoms with Crippen molar-refractivity contribution in [2.24, 2.45) is 0 Å². The number of aryl methyl sites for hydroxylation is 6. The summed E-state index contributed by atoms with van der Waals surface area (Å²) in [6, 6.07) is 58.3. The summed E-state index contributed by atoms with van der Waals surface area (Å²) < 4.78 is 29.5. The Balaban J connectivity index is 0.677. The number of carbonyl (C=O) groups is 7. The van der Waals surface area contributed by atoms with Crippen LogP contribution in [0.4, 0.5) is 19.2 Å². The number of alkyl carbamates (subject to hydrolysis) is 4. The van der Waals surface area contributed by atoms with Crippen molar-refractivity contribution < 1.29 is 57.2 Å². The molecule has 0 bridgehead atoms. The number of hydrogen-bond acceptors (Lipinski definition) is 12. The Morgan fingerprint density at radius 1 is 0.274 bits per heavy atom. The summed E-state index contributed by atoms with van der Waals surface area (Å²) >= 11 is 0. The van der Waals surface area contributed by atoms with Crippen molar-refractivity contribution in [1.82, 2.24) is 31.9 Å². The van der Waals surface area contributed by atoms with Gasteiger partial charge in [-0.15, -0.1) is 0 Å². The van der Waals surface area contributed by atoms with Gasteiger partial charge in [-0.1, -0.05) is 271 Å². The van der Waals surface area contributed by atoms with Crippen LogP contribution in [0, 0.1) is 0 Å². The normalized spacial score (nSPS) is 13.2. The minimum absolute atomic E-state index is 0.0305. The van der Waals surface area contributed by atoms with Gasteiger partial charge in [-0.2, -0.15) is 0 Å². The number of esters is 1. The van der Waals surface area contributed by atoms with Crippen molar-refractivity contribution in [1.29, 1.82) is 0 Å². The van der Waals surface area contributed by atoms with E-state index in [-0.39, 0.29) is 94.1 Å². The highest BCUT2D eigenvalue weighted by Gasteiger charge is 2.37. The van der Waals surface area contributed by atoms with Crippen LogP contribution >= 0.6 is 0 Å². The first kappa shape index (κ1) is 102. The first-order valence-corrected chi connectivity index (χ1v) is 48.8. The lowest BCUT2D eigenvalue weighted by Crippen LogP contribution is -2.33. The Morgan fingerprint density at radius 3 is 0.711 bits per heavy atom. The molecule has 9 aromatic rings. The van der Waals surface area contributed by atoms with Gasteiger partial charge in [0.15, 0.2) is 0 Å². The molecule has 0 aromatic heterocycles. The van der Waals surface area contributed by atoms with E-state index >= 15 is 0 Å². The van der Waals surface area contributed by atoms with E-state index in [1.54, 1.807) is 6.92 Å². The molecule has 0 saturated carbocycles. The third kappa shape index (κ3) is 27.5. The SMILES string of the molecule is C=C(C)C(=O)OCc1cc(CCCNC(=O)c2cc(CCCNC(=O)OCC3c4cc(C(C)(C)C)ccc4-c4ccc(C(C)(C)C)cc43)cc(CCCNC(=O)OCC3c4cc(C(C)(C)C)ccc4-c4ccc(C(C)(C)C)cc43)c2)cc(CCCNC(=O)c2cc(CCCNC(=O)OCC3c4cc(C(C)(C)C)ccc4-c4ccc(C(C)(C)C)cc43)cc(CCCNC(=O)OC(C)(C)C)c2)c1. The van der Waals surface area contributed by atoms with Crippen LogP contribution in [0.25, 0.3) is 33.4 Å². The highest BCUT2D eigenvalue weighted by atomic mass is 16.6. The topological polar surface area (TPSA) is 238 Å². The second-order valence-corrected chi connectivity index (χ2v) is 44.7. The maximum absolute atomic E-state index is 14.5. The Labute approximate surface area is 803 Å². The van der Waals surface area contributed by atoms with Crippen LogP contribution in [0.3, 0.4) is 0 Å². The average molecular weight is 1830 g/mol. The van der Waals surface area contributed by atoms with Crippen LogP contribution in [-0.4, -0.2) is 107 Å². The molecule has 9 aromatic carbocycles. The van der Waals surface area contributed by atoms with Gasteiger partial charge in [0.2, 0.25) is 0 Å². The largest absolute Gasteiger partial charge is 0.457 e. The molecule has 0 saturated heterocycles. The van der Waals surface area contributed by atoms with Crippen LogP contribution in [-0.2, 0) is 106 Å². The number of amides is 6. The summed E-state index contributed by atoms with van der Waals surface area (Å²) in [6.07, 6.45) is 5.02. The highest BCUT2D eigenvalue weighted by Crippen LogP contribution is 2.51. The van der Waals surface area contributed by atoms with Crippen LogP contribution in [0.15, 0.2) is 176 Å². The molecule has 6 N–H and O–H groups in total. The summed E-state index contributed by atoms with van der Waals surface area (Å²) in [5.74, 6) is -1.34. The van der Waals surface area contributed by atoms with Crippen LogP contribution in [0.5, 0.6) is 0 Å². The Kier molecular flexibility index (Phi) is 32.6. The molecule has 0 spiro atoms. The maximum atomic E-state index is 14.5. The van der Waals surface area contributed by atoms with Gasteiger partial charge in [0, 0.05) is 73.7 Å². The van der Waals surface area contributed by atoms with Crippen LogP contribution in [0.1, 0.15) is 335 Å². The van der Waals surface area contributed by atoms with Crippen LogP contribution < -0.4 is 31.9 Å². The van der Waals surface area contributed by atoms with Gasteiger partial charge >= 0.3 is 30.3 Å². The number of nitrogens with one attached hydrogen (secondary N) is 6. The fraction of sp³-hybridized carbons (Fsp3) is 0.462. The molecule has 0 radical (unpaired) electrons. The maximum Gasteiger partial charge on any atom is 0.407 e. The first-order chi connectivity index (χ1) is 63.5. The smallest absolute Gasteiger partial charge is 0.407 e. The molecular formula is C117H148N6O12. The molecule has 18 nitrogen and oxygen atoms in total. The fourth-order valence-corrected chi connectivity index (χ4v) is 18.3. The zero-order valence-corrected chi connectivity index (χ0v) is 84.5. The summed E-state index contributed by atoms with van der Waals surface area (Å²) in [5, 5.41) is 18.3. The summed E-state index contributed by atoms with van der Waals surface area (Å²) in [6.45, 7) is 53.4. The standard InChI is InChI=1S/C117H148N6O12/c1-73(2)106(126)131-69-80-57-74(54-75(58-80)31-25-49-119-105(125)82-61-78(56-79(62-82)35-29-53-123-110(130)135-117(21,22)23)34-28-52-122-109(129)134-72-103-99-67-87(115(15,16)17)40-46-93(99)94-47-41-88(68-100(94)103)116(18,19)20)30-24-48-118-104(124)81-59-76(32-26-50-120-107(127)132-70-101-95-63-83(111(3,4)5)36-42-89(95)90-43-37-84(64-96(90)101)112(6,7)8)55-77(60-81)33-27-51-121-108(128)133-71-102-97-65-85(113(9,10)11)38-44-91(97)92-45-39-86(66-98(92)102)114(12,13)14/h36-47,54-68,101-103H,1,24-35,48-53,69-72H2,2-23H3,(H,118,124)(H,119,125)(H,120,127)(H,121,128)(H,122,129)(H,123,130). The molecule has 0 atom stereocenters. The lowest BCUT2D eigenvalue weighted by atomic mass is 9.83. The molecule has 0 heterocycles. The molecule has 0 unspecified atom stereocenters. The van der Waals surface area contributed by atoms with Crippen molar-refractivity contribution in [3.05, 3.63) is 293 Å². The van der Waals surface area contributed by atoms with Crippen molar-refractivity contribution in [3.8, 4) is 33.4 Å². The minimum atomic E-state index is -0.642. The second kappa shape index (κ2) is 43.1. The lowest BCUT2D eigenvalue weighted by molar-refractivity contribution is -0.140. The van der Waals surface area contributed by atoms with E-state index in [0.29, 0.717) is 127 Å². The van der Waals surface area contributed by atoms with Gasteiger partial charge < -0.3 is 55.6 Å². The van der Waals surface area contributed by atoms with Gasteiger partial charge in [-0.3, -0.25) is 9.59 Å². The van der Waals surface area contributed by atoms with E-state index in [2.05, 4.69) is 291 Å². The minimum Gasteiger partial charge on any atom is -0.457 e. The molecule has 135 heavy (non-hydrogen) atoms. The number of carbonyl (C=O) groups excluding carboxylic acids is 7. The molecule has 718 valence electrons. The predicted molar refractivity (Wildman–Crippen MR) is 544 cm³/mol. The van der Waals surface area contributed by atoms with Gasteiger partial charge in [0.05, 0.1) is 0 Å². The number of benzene rings is 9. The molecule has 0 fully saturated rings. The molecule has 18 heteroatoms. The number of rotatable bonds is 35. The van der Waals surface area contributed by atoms with Crippen molar-refractivity contribution in [2.45, 2.75) is 292 Å². The predicted octanol–water partition coefficient (Wildman–Crippen LogP) is 24.7. The molecule has 6 amide bonds. The zero-order valence-electron chi connectivity index (χ0n) is 84.5. The number of fused-ring (bicyclic) bond motifs is 9. The van der Waals surface area contributed by atoms with Gasteiger partial charge in [0.25, 0.3) is 11.8 Å².